The first-order valence-corrected chi connectivity index (χ1v) is 7.40. The summed E-state index contributed by atoms with van der Waals surface area (Å²) >= 11 is 0. The lowest BCUT2D eigenvalue weighted by atomic mass is 9.78. The summed E-state index contributed by atoms with van der Waals surface area (Å²) in [5.41, 5.74) is -0.593. The molecule has 0 bridgehead atoms. The molecule has 3 unspecified atom stereocenters. The van der Waals surface area contributed by atoms with Crippen molar-refractivity contribution in [3.8, 4) is 0 Å². The van der Waals surface area contributed by atoms with E-state index in [9.17, 15) is 13.9 Å². The first-order valence-electron chi connectivity index (χ1n) is 7.40. The maximum atomic E-state index is 12.4. The molecule has 1 fully saturated rings. The van der Waals surface area contributed by atoms with Gasteiger partial charge in [-0.1, -0.05) is 18.5 Å². The molecule has 1 aliphatic carbocycles. The summed E-state index contributed by atoms with van der Waals surface area (Å²) in [6.45, 7) is 4.58. The number of aliphatic hydroxyl groups is 1. The molecule has 1 heterocycles. The summed E-state index contributed by atoms with van der Waals surface area (Å²) in [5.74, 6) is 0.918. The number of hydrogen-bond acceptors (Lipinski definition) is 5. The van der Waals surface area contributed by atoms with Crippen LogP contribution in [0.3, 0.4) is 0 Å². The van der Waals surface area contributed by atoms with Crippen molar-refractivity contribution in [3.63, 3.8) is 0 Å². The zero-order valence-corrected chi connectivity index (χ0v) is 12.4. The van der Waals surface area contributed by atoms with Crippen LogP contribution < -0.4 is 0 Å². The highest BCUT2D eigenvalue weighted by Gasteiger charge is 2.41. The molecule has 1 aliphatic rings. The molecule has 0 radical (unpaired) electrons. The molecular formula is C14H22F2N2O3. The normalized spacial score (nSPS) is 28.0. The van der Waals surface area contributed by atoms with Crippen LogP contribution in [0.25, 0.3) is 0 Å². The Morgan fingerprint density at radius 1 is 1.52 bits per heavy atom. The van der Waals surface area contributed by atoms with Crippen LogP contribution in [0.2, 0.25) is 0 Å². The molecule has 1 saturated carbocycles. The standard InChI is InChI=1S/C14H22F2N2O3/c1-3-20-14(6-4-5-9(2)8-14)13-17-11(21-18-13)7-10(19)12(15)16/h9-10,12,19H,3-8H2,1-2H3. The van der Waals surface area contributed by atoms with Gasteiger partial charge in [-0.25, -0.2) is 8.78 Å². The highest BCUT2D eigenvalue weighted by Crippen LogP contribution is 2.41. The van der Waals surface area contributed by atoms with Gasteiger partial charge in [0.2, 0.25) is 11.7 Å². The zero-order chi connectivity index (χ0) is 15.5. The summed E-state index contributed by atoms with van der Waals surface area (Å²) in [6, 6.07) is 0. The van der Waals surface area contributed by atoms with Crippen LogP contribution in [-0.4, -0.2) is 34.4 Å². The van der Waals surface area contributed by atoms with Crippen molar-refractivity contribution >= 4 is 0 Å². The number of hydrogen-bond donors (Lipinski definition) is 1. The van der Waals surface area contributed by atoms with E-state index in [2.05, 4.69) is 17.1 Å². The first kappa shape index (κ1) is 16.3. The maximum Gasteiger partial charge on any atom is 0.264 e. The number of alkyl halides is 2. The van der Waals surface area contributed by atoms with Crippen molar-refractivity contribution in [2.24, 2.45) is 5.92 Å². The van der Waals surface area contributed by atoms with Crippen molar-refractivity contribution < 1.29 is 23.1 Å². The van der Waals surface area contributed by atoms with E-state index in [1.54, 1.807) is 0 Å². The second kappa shape index (κ2) is 6.79. The second-order valence-electron chi connectivity index (χ2n) is 5.75. The van der Waals surface area contributed by atoms with Crippen molar-refractivity contribution in [1.29, 1.82) is 0 Å². The Hall–Kier alpha value is -1.08. The van der Waals surface area contributed by atoms with Crippen molar-refractivity contribution in [3.05, 3.63) is 11.7 Å². The number of halogens is 2. The van der Waals surface area contributed by atoms with Gasteiger partial charge in [0.15, 0.2) is 0 Å². The quantitative estimate of drug-likeness (QED) is 0.875. The van der Waals surface area contributed by atoms with Crippen LogP contribution >= 0.6 is 0 Å². The van der Waals surface area contributed by atoms with Crippen LogP contribution in [0.5, 0.6) is 0 Å². The van der Waals surface area contributed by atoms with Crippen LogP contribution in [0.15, 0.2) is 4.52 Å². The summed E-state index contributed by atoms with van der Waals surface area (Å²) in [5, 5.41) is 13.1. The molecule has 0 aromatic carbocycles. The average Bonchev–Trinajstić information content (AvgIpc) is 2.88. The number of nitrogens with zero attached hydrogens (tertiary/aromatic N) is 2. The smallest absolute Gasteiger partial charge is 0.264 e. The topological polar surface area (TPSA) is 68.4 Å². The van der Waals surface area contributed by atoms with Crippen molar-refractivity contribution in [2.45, 2.75) is 64.1 Å². The van der Waals surface area contributed by atoms with E-state index < -0.39 is 18.1 Å². The fourth-order valence-electron chi connectivity index (χ4n) is 2.97. The summed E-state index contributed by atoms with van der Waals surface area (Å²) in [4.78, 5) is 4.19. The predicted octanol–water partition coefficient (Wildman–Crippen LogP) is 2.68. The second-order valence-corrected chi connectivity index (χ2v) is 5.75. The Balaban J connectivity index is 2.16. The van der Waals surface area contributed by atoms with Gasteiger partial charge in [0.1, 0.15) is 11.7 Å². The molecule has 7 heteroatoms. The van der Waals surface area contributed by atoms with Gasteiger partial charge in [-0.05, 0) is 32.1 Å². The van der Waals surface area contributed by atoms with Gasteiger partial charge in [-0.15, -0.1) is 0 Å². The number of aliphatic hydroxyl groups excluding tert-OH is 1. The lowest BCUT2D eigenvalue weighted by Gasteiger charge is -2.37. The van der Waals surface area contributed by atoms with Crippen LogP contribution in [0, 0.1) is 5.92 Å². The summed E-state index contributed by atoms with van der Waals surface area (Å²) in [7, 11) is 0. The Bertz CT molecular complexity index is 451. The van der Waals surface area contributed by atoms with Crippen molar-refractivity contribution in [1.82, 2.24) is 10.1 Å². The fourth-order valence-corrected chi connectivity index (χ4v) is 2.97. The molecule has 1 aromatic rings. The number of rotatable bonds is 6. The zero-order valence-electron chi connectivity index (χ0n) is 12.4. The molecule has 120 valence electrons. The molecular weight excluding hydrogens is 282 g/mol. The van der Waals surface area contributed by atoms with Crippen LogP contribution in [-0.2, 0) is 16.8 Å². The molecule has 5 nitrogen and oxygen atoms in total. The van der Waals surface area contributed by atoms with E-state index in [0.29, 0.717) is 18.3 Å². The third-order valence-corrected chi connectivity index (χ3v) is 3.93. The molecule has 0 aliphatic heterocycles. The van der Waals surface area contributed by atoms with Gasteiger partial charge in [0.05, 0.1) is 6.42 Å². The van der Waals surface area contributed by atoms with Gasteiger partial charge in [0, 0.05) is 6.61 Å². The average molecular weight is 304 g/mol. The highest BCUT2D eigenvalue weighted by atomic mass is 19.3. The molecule has 0 spiro atoms. The van der Waals surface area contributed by atoms with Gasteiger partial charge in [-0.2, -0.15) is 4.98 Å². The molecule has 2 rings (SSSR count). The molecule has 0 saturated heterocycles. The highest BCUT2D eigenvalue weighted by molar-refractivity contribution is 5.04. The molecule has 21 heavy (non-hydrogen) atoms. The fraction of sp³-hybridized carbons (Fsp3) is 0.857. The minimum atomic E-state index is -2.82. The Kier molecular flexibility index (Phi) is 5.27. The van der Waals surface area contributed by atoms with Crippen molar-refractivity contribution in [2.75, 3.05) is 6.61 Å². The van der Waals surface area contributed by atoms with E-state index in [1.165, 1.54) is 0 Å². The van der Waals surface area contributed by atoms with E-state index in [0.717, 1.165) is 25.7 Å². The third kappa shape index (κ3) is 3.77. The minimum Gasteiger partial charge on any atom is -0.387 e. The van der Waals surface area contributed by atoms with Crippen LogP contribution in [0.1, 0.15) is 51.2 Å². The lowest BCUT2D eigenvalue weighted by Crippen LogP contribution is -2.36. The van der Waals surface area contributed by atoms with Gasteiger partial charge < -0.3 is 14.4 Å². The Morgan fingerprint density at radius 3 is 2.90 bits per heavy atom. The molecule has 3 atom stereocenters. The maximum absolute atomic E-state index is 12.4. The Labute approximate surface area is 122 Å². The lowest BCUT2D eigenvalue weighted by molar-refractivity contribution is -0.0891. The molecule has 1 aromatic heterocycles. The van der Waals surface area contributed by atoms with E-state index in [-0.39, 0.29) is 12.3 Å². The first-order chi connectivity index (χ1) is 9.97. The van der Waals surface area contributed by atoms with Crippen LogP contribution in [0.4, 0.5) is 8.78 Å². The monoisotopic (exact) mass is 304 g/mol. The third-order valence-electron chi connectivity index (χ3n) is 3.93. The van der Waals surface area contributed by atoms with Gasteiger partial charge in [0.25, 0.3) is 6.43 Å². The molecule has 0 amide bonds. The Morgan fingerprint density at radius 2 is 2.29 bits per heavy atom. The number of ether oxygens (including phenoxy) is 1. The largest absolute Gasteiger partial charge is 0.387 e. The van der Waals surface area contributed by atoms with E-state index >= 15 is 0 Å². The molecule has 1 N–H and O–H groups in total. The van der Waals surface area contributed by atoms with Gasteiger partial charge in [-0.3, -0.25) is 0 Å². The summed E-state index contributed by atoms with van der Waals surface area (Å²) in [6.07, 6.45) is -1.24. The number of aromatic nitrogens is 2. The van der Waals surface area contributed by atoms with E-state index in [1.807, 2.05) is 6.92 Å². The van der Waals surface area contributed by atoms with E-state index in [4.69, 9.17) is 9.26 Å². The minimum absolute atomic E-state index is 0.0232. The summed E-state index contributed by atoms with van der Waals surface area (Å²) < 4.78 is 35.6. The predicted molar refractivity (Wildman–Crippen MR) is 70.9 cm³/mol. The van der Waals surface area contributed by atoms with Gasteiger partial charge >= 0.3 is 0 Å². The SMILES string of the molecule is CCOC1(c2noc(CC(O)C(F)F)n2)CCCC(C)C1.